The lowest BCUT2D eigenvalue weighted by Gasteiger charge is -2.02. The second kappa shape index (κ2) is 3.33. The number of rotatable bonds is 0. The zero-order chi connectivity index (χ0) is 9.42. The fourth-order valence-electron chi connectivity index (χ4n) is 1.12. The van der Waals surface area contributed by atoms with Crippen LogP contribution in [0.25, 0.3) is 10.9 Å². The molecular weight excluding hydrogens is 228 g/mol. The number of pyridine rings is 1. The van der Waals surface area contributed by atoms with E-state index in [4.69, 9.17) is 34.8 Å². The normalized spacial score (nSPS) is 10.7. The van der Waals surface area contributed by atoms with Crippen molar-refractivity contribution in [3.05, 3.63) is 39.5 Å². The van der Waals surface area contributed by atoms with Gasteiger partial charge in [-0.1, -0.05) is 34.8 Å². The van der Waals surface area contributed by atoms with Gasteiger partial charge in [0, 0.05) is 11.6 Å². The number of benzene rings is 1. The van der Waals surface area contributed by atoms with Gasteiger partial charge < -0.3 is 0 Å². The first-order valence-electron chi connectivity index (χ1n) is 3.58. The van der Waals surface area contributed by atoms with E-state index in [0.717, 1.165) is 10.9 Å². The second-order valence-electron chi connectivity index (χ2n) is 2.56. The molecule has 13 heavy (non-hydrogen) atoms. The van der Waals surface area contributed by atoms with Gasteiger partial charge in [-0.05, 0) is 18.2 Å². The first kappa shape index (κ1) is 9.07. The van der Waals surface area contributed by atoms with Crippen molar-refractivity contribution in [3.8, 4) is 0 Å². The topological polar surface area (TPSA) is 12.9 Å². The first-order chi connectivity index (χ1) is 6.20. The van der Waals surface area contributed by atoms with Crippen LogP contribution < -0.4 is 0 Å². The zero-order valence-corrected chi connectivity index (χ0v) is 8.66. The molecule has 66 valence electrons. The highest BCUT2D eigenvalue weighted by Gasteiger charge is 2.08. The third-order valence-corrected chi connectivity index (χ3v) is 3.02. The molecule has 0 aliphatic carbocycles. The number of nitrogens with zero attached hydrogens (tertiary/aromatic N) is 1. The maximum absolute atomic E-state index is 5.97. The lowest BCUT2D eigenvalue weighted by atomic mass is 10.2. The van der Waals surface area contributed by atoms with Crippen molar-refractivity contribution in [1.82, 2.24) is 4.98 Å². The summed E-state index contributed by atoms with van der Waals surface area (Å²) in [6, 6.07) is 5.36. The van der Waals surface area contributed by atoms with Crippen molar-refractivity contribution in [2.45, 2.75) is 0 Å². The van der Waals surface area contributed by atoms with Crippen LogP contribution in [-0.4, -0.2) is 4.98 Å². The summed E-state index contributed by atoms with van der Waals surface area (Å²) in [4.78, 5) is 4.12. The van der Waals surface area contributed by atoms with Gasteiger partial charge in [0.2, 0.25) is 0 Å². The molecule has 0 bridgehead atoms. The van der Waals surface area contributed by atoms with Crippen molar-refractivity contribution in [2.75, 3.05) is 0 Å². The minimum Gasteiger partial charge on any atom is -0.256 e. The summed E-state index contributed by atoms with van der Waals surface area (Å²) >= 11 is 17.7. The van der Waals surface area contributed by atoms with Crippen molar-refractivity contribution < 1.29 is 0 Å². The number of halogens is 3. The van der Waals surface area contributed by atoms with Crippen LogP contribution in [0.3, 0.4) is 0 Å². The molecule has 2 aromatic rings. The third-order valence-electron chi connectivity index (χ3n) is 1.74. The van der Waals surface area contributed by atoms with Crippen molar-refractivity contribution in [3.63, 3.8) is 0 Å². The van der Waals surface area contributed by atoms with Crippen LogP contribution in [0, 0.1) is 0 Å². The number of fused-ring (bicyclic) bond motifs is 1. The number of hydrogen-bond acceptors (Lipinski definition) is 1. The van der Waals surface area contributed by atoms with Crippen LogP contribution in [0.2, 0.25) is 15.1 Å². The van der Waals surface area contributed by atoms with E-state index in [1.165, 1.54) is 0 Å². The summed E-state index contributed by atoms with van der Waals surface area (Å²) in [6.45, 7) is 0. The van der Waals surface area contributed by atoms with Crippen LogP contribution in [0.5, 0.6) is 0 Å². The fraction of sp³-hybridized carbons (Fsp3) is 0. The lowest BCUT2D eigenvalue weighted by molar-refractivity contribution is 1.41. The summed E-state index contributed by atoms with van der Waals surface area (Å²) < 4.78 is 0. The molecule has 4 heteroatoms. The van der Waals surface area contributed by atoms with Gasteiger partial charge in [-0.2, -0.15) is 0 Å². The zero-order valence-electron chi connectivity index (χ0n) is 6.39. The number of hydrogen-bond donors (Lipinski definition) is 0. The highest BCUT2D eigenvalue weighted by atomic mass is 35.5. The number of aromatic nitrogens is 1. The molecule has 1 aromatic heterocycles. The minimum atomic E-state index is 0.379. The second-order valence-corrected chi connectivity index (χ2v) is 3.72. The average Bonchev–Trinajstić information content (AvgIpc) is 2.15. The molecule has 1 aromatic carbocycles. The summed E-state index contributed by atoms with van der Waals surface area (Å²) in [7, 11) is 0. The van der Waals surface area contributed by atoms with Gasteiger partial charge in [0.05, 0.1) is 20.6 Å². The summed E-state index contributed by atoms with van der Waals surface area (Å²) in [5.74, 6) is 0. The van der Waals surface area contributed by atoms with Gasteiger partial charge in [0.1, 0.15) is 0 Å². The van der Waals surface area contributed by atoms with E-state index in [2.05, 4.69) is 4.98 Å². The Morgan fingerprint density at radius 1 is 1.08 bits per heavy atom. The average molecular weight is 232 g/mol. The third kappa shape index (κ3) is 1.48. The van der Waals surface area contributed by atoms with Gasteiger partial charge in [-0.25, -0.2) is 0 Å². The molecule has 0 N–H and O–H groups in total. The largest absolute Gasteiger partial charge is 0.256 e. The van der Waals surface area contributed by atoms with Gasteiger partial charge in [-0.15, -0.1) is 0 Å². The molecule has 0 aliphatic heterocycles. The van der Waals surface area contributed by atoms with E-state index >= 15 is 0 Å². The Kier molecular flexibility index (Phi) is 2.33. The van der Waals surface area contributed by atoms with Crippen LogP contribution in [0.1, 0.15) is 0 Å². The molecule has 0 saturated carbocycles. The molecule has 0 saturated heterocycles. The Balaban J connectivity index is 2.94. The lowest BCUT2D eigenvalue weighted by Crippen LogP contribution is -1.80. The standard InChI is InChI=1S/C9H4Cl3N/c10-6-4-7-5(2-1-3-13-7)8(11)9(6)12/h1-4H. The van der Waals surface area contributed by atoms with Crippen molar-refractivity contribution in [1.29, 1.82) is 0 Å². The Hall–Kier alpha value is -0.500. The van der Waals surface area contributed by atoms with E-state index in [1.807, 2.05) is 6.07 Å². The highest BCUT2D eigenvalue weighted by molar-refractivity contribution is 6.50. The quantitative estimate of drug-likeness (QED) is 0.621. The first-order valence-corrected chi connectivity index (χ1v) is 4.72. The fourth-order valence-corrected chi connectivity index (χ4v) is 1.79. The molecule has 0 fully saturated rings. The smallest absolute Gasteiger partial charge is 0.0786 e. The maximum atomic E-state index is 5.97. The van der Waals surface area contributed by atoms with Crippen LogP contribution in [0.4, 0.5) is 0 Å². The summed E-state index contributed by atoms with van der Waals surface area (Å²) in [6.07, 6.45) is 1.68. The molecule has 0 atom stereocenters. The molecule has 1 nitrogen and oxygen atoms in total. The molecule has 2 rings (SSSR count). The molecule has 0 radical (unpaired) electrons. The molecule has 0 unspecified atom stereocenters. The van der Waals surface area contributed by atoms with Gasteiger partial charge >= 0.3 is 0 Å². The Labute approximate surface area is 90.2 Å². The summed E-state index contributed by atoms with van der Waals surface area (Å²) in [5, 5.41) is 2.08. The molecule has 0 amide bonds. The van der Waals surface area contributed by atoms with E-state index in [9.17, 15) is 0 Å². The van der Waals surface area contributed by atoms with Crippen LogP contribution >= 0.6 is 34.8 Å². The van der Waals surface area contributed by atoms with E-state index in [0.29, 0.717) is 15.1 Å². The van der Waals surface area contributed by atoms with Crippen LogP contribution in [0.15, 0.2) is 24.4 Å². The highest BCUT2D eigenvalue weighted by Crippen LogP contribution is 2.35. The van der Waals surface area contributed by atoms with Gasteiger partial charge in [0.25, 0.3) is 0 Å². The Bertz CT molecular complexity index is 468. The van der Waals surface area contributed by atoms with Crippen molar-refractivity contribution >= 4 is 45.7 Å². The molecule has 1 heterocycles. The molecular formula is C9H4Cl3N. The van der Waals surface area contributed by atoms with Gasteiger partial charge in [-0.3, -0.25) is 4.98 Å². The Morgan fingerprint density at radius 2 is 1.85 bits per heavy atom. The van der Waals surface area contributed by atoms with Crippen molar-refractivity contribution in [2.24, 2.45) is 0 Å². The SMILES string of the molecule is Clc1cc2ncccc2c(Cl)c1Cl. The van der Waals surface area contributed by atoms with Crippen LogP contribution in [-0.2, 0) is 0 Å². The van der Waals surface area contributed by atoms with E-state index in [-0.39, 0.29) is 0 Å². The maximum Gasteiger partial charge on any atom is 0.0786 e. The summed E-state index contributed by atoms with van der Waals surface area (Å²) in [5.41, 5.74) is 0.752. The molecule has 0 aliphatic rings. The predicted molar refractivity (Wildman–Crippen MR) is 56.8 cm³/mol. The molecule has 0 spiro atoms. The van der Waals surface area contributed by atoms with E-state index < -0.39 is 0 Å². The Morgan fingerprint density at radius 3 is 2.62 bits per heavy atom. The van der Waals surface area contributed by atoms with E-state index in [1.54, 1.807) is 18.3 Å². The predicted octanol–water partition coefficient (Wildman–Crippen LogP) is 4.20. The minimum absolute atomic E-state index is 0.379. The monoisotopic (exact) mass is 231 g/mol. The van der Waals surface area contributed by atoms with Gasteiger partial charge in [0.15, 0.2) is 0 Å².